The highest BCUT2D eigenvalue weighted by molar-refractivity contribution is 5.75. The van der Waals surface area contributed by atoms with Crippen LogP contribution in [0.3, 0.4) is 0 Å². The van der Waals surface area contributed by atoms with Gasteiger partial charge in [0.2, 0.25) is 5.91 Å². The van der Waals surface area contributed by atoms with E-state index in [9.17, 15) is 4.79 Å². The number of nitrogens with one attached hydrogen (secondary N) is 2. The Bertz CT molecular complexity index is 336. The lowest BCUT2D eigenvalue weighted by atomic mass is 10.0. The van der Waals surface area contributed by atoms with Crippen molar-refractivity contribution in [1.29, 1.82) is 0 Å². The molecule has 0 aromatic heterocycles. The summed E-state index contributed by atoms with van der Waals surface area (Å²) in [6.45, 7) is 12.5. The van der Waals surface area contributed by atoms with Crippen LogP contribution in [0.5, 0.6) is 0 Å². The van der Waals surface area contributed by atoms with E-state index in [1.807, 2.05) is 0 Å². The van der Waals surface area contributed by atoms with Crippen LogP contribution in [-0.2, 0) is 4.79 Å². The highest BCUT2D eigenvalue weighted by atomic mass is 16.1. The van der Waals surface area contributed by atoms with Crippen molar-refractivity contribution < 1.29 is 4.79 Å². The summed E-state index contributed by atoms with van der Waals surface area (Å²) in [6.07, 6.45) is 19.6. The Morgan fingerprint density at radius 1 is 0.655 bits per heavy atom. The fraction of sp³-hybridized carbons (Fsp3) is 0.960. The molecule has 0 unspecified atom stereocenters. The Labute approximate surface area is 183 Å². The second-order valence-corrected chi connectivity index (χ2v) is 8.48. The molecule has 0 aromatic carbocycles. The first kappa shape index (κ1) is 28.4. The average Bonchev–Trinajstić information content (AvgIpc) is 2.73. The van der Waals surface area contributed by atoms with Crippen molar-refractivity contribution in [2.24, 2.45) is 0 Å². The van der Waals surface area contributed by atoms with Crippen molar-refractivity contribution in [2.45, 2.75) is 117 Å². The number of nitrogens with zero attached hydrogens (tertiary/aromatic N) is 1. The number of hydrogen-bond donors (Lipinski definition) is 2. The van der Waals surface area contributed by atoms with Crippen LogP contribution in [0.1, 0.15) is 117 Å². The standard InChI is InChI=1S/C25H53N3O/c1-4-7-8-9-10-11-12-13-14-15-16-17-18-22-27-25(29)20-24-28(6-3)23-19-21-26-5-2/h26H,4-24H2,1-3H3,(H,27,29). The molecule has 0 aliphatic carbocycles. The molecule has 4 heteroatoms. The first-order valence-corrected chi connectivity index (χ1v) is 12.9. The molecule has 0 radical (unpaired) electrons. The number of hydrogen-bond acceptors (Lipinski definition) is 3. The minimum Gasteiger partial charge on any atom is -0.356 e. The molecule has 0 saturated heterocycles. The maximum Gasteiger partial charge on any atom is 0.221 e. The fourth-order valence-electron chi connectivity index (χ4n) is 3.75. The lowest BCUT2D eigenvalue weighted by Crippen LogP contribution is -2.33. The Morgan fingerprint density at radius 2 is 1.21 bits per heavy atom. The van der Waals surface area contributed by atoms with Crippen molar-refractivity contribution >= 4 is 5.91 Å². The molecule has 0 aromatic rings. The van der Waals surface area contributed by atoms with Crippen LogP contribution in [0.4, 0.5) is 0 Å². The topological polar surface area (TPSA) is 44.4 Å². The zero-order chi connectivity index (χ0) is 21.4. The molecular weight excluding hydrogens is 358 g/mol. The zero-order valence-corrected chi connectivity index (χ0v) is 20.2. The van der Waals surface area contributed by atoms with E-state index in [-0.39, 0.29) is 5.91 Å². The molecule has 29 heavy (non-hydrogen) atoms. The maximum absolute atomic E-state index is 12.0. The van der Waals surface area contributed by atoms with Gasteiger partial charge in [-0.15, -0.1) is 0 Å². The second-order valence-electron chi connectivity index (χ2n) is 8.48. The molecule has 0 aliphatic rings. The predicted octanol–water partition coefficient (Wildman–Crippen LogP) is 5.91. The summed E-state index contributed by atoms with van der Waals surface area (Å²) in [6, 6.07) is 0. The molecule has 0 aliphatic heterocycles. The molecule has 0 atom stereocenters. The fourth-order valence-corrected chi connectivity index (χ4v) is 3.75. The van der Waals surface area contributed by atoms with E-state index in [0.717, 1.165) is 52.1 Å². The van der Waals surface area contributed by atoms with E-state index in [1.165, 1.54) is 77.0 Å². The first-order chi connectivity index (χ1) is 14.2. The van der Waals surface area contributed by atoms with Gasteiger partial charge >= 0.3 is 0 Å². The molecule has 174 valence electrons. The van der Waals surface area contributed by atoms with Crippen molar-refractivity contribution in [3.05, 3.63) is 0 Å². The number of carbonyl (C=O) groups is 1. The van der Waals surface area contributed by atoms with Gasteiger partial charge in [-0.05, 0) is 39.0 Å². The second kappa shape index (κ2) is 23.7. The third-order valence-corrected chi connectivity index (χ3v) is 5.78. The van der Waals surface area contributed by atoms with Crippen LogP contribution < -0.4 is 10.6 Å². The number of rotatable bonds is 23. The molecule has 0 saturated carbocycles. The van der Waals surface area contributed by atoms with Gasteiger partial charge in [-0.3, -0.25) is 4.79 Å². The summed E-state index contributed by atoms with van der Waals surface area (Å²) in [7, 11) is 0. The molecule has 4 nitrogen and oxygen atoms in total. The van der Waals surface area contributed by atoms with E-state index in [0.29, 0.717) is 6.42 Å². The summed E-state index contributed by atoms with van der Waals surface area (Å²) >= 11 is 0. The van der Waals surface area contributed by atoms with E-state index >= 15 is 0 Å². The van der Waals surface area contributed by atoms with Crippen molar-refractivity contribution in [3.8, 4) is 0 Å². The summed E-state index contributed by atoms with van der Waals surface area (Å²) in [5.74, 6) is 0.217. The van der Waals surface area contributed by atoms with Crippen molar-refractivity contribution in [1.82, 2.24) is 15.5 Å². The number of unbranched alkanes of at least 4 members (excludes halogenated alkanes) is 12. The average molecular weight is 412 g/mol. The molecule has 0 bridgehead atoms. The van der Waals surface area contributed by atoms with E-state index < -0.39 is 0 Å². The largest absolute Gasteiger partial charge is 0.356 e. The summed E-state index contributed by atoms with van der Waals surface area (Å²) < 4.78 is 0. The highest BCUT2D eigenvalue weighted by Gasteiger charge is 2.06. The first-order valence-electron chi connectivity index (χ1n) is 12.9. The Hall–Kier alpha value is -0.610. The zero-order valence-electron chi connectivity index (χ0n) is 20.2. The lowest BCUT2D eigenvalue weighted by Gasteiger charge is -2.20. The van der Waals surface area contributed by atoms with Crippen LogP contribution in [0.2, 0.25) is 0 Å². The van der Waals surface area contributed by atoms with Gasteiger partial charge < -0.3 is 15.5 Å². The van der Waals surface area contributed by atoms with Gasteiger partial charge in [0.15, 0.2) is 0 Å². The molecule has 0 spiro atoms. The Morgan fingerprint density at radius 3 is 1.72 bits per heavy atom. The van der Waals surface area contributed by atoms with Gasteiger partial charge in [0.1, 0.15) is 0 Å². The SMILES string of the molecule is CCCCCCCCCCCCCCCNC(=O)CCN(CC)CCCNCC. The van der Waals surface area contributed by atoms with Crippen LogP contribution in [0, 0.1) is 0 Å². The van der Waals surface area contributed by atoms with Gasteiger partial charge in [-0.1, -0.05) is 97.8 Å². The highest BCUT2D eigenvalue weighted by Crippen LogP contribution is 2.12. The molecule has 2 N–H and O–H groups in total. The monoisotopic (exact) mass is 411 g/mol. The van der Waals surface area contributed by atoms with E-state index in [2.05, 4.69) is 36.3 Å². The van der Waals surface area contributed by atoms with Crippen LogP contribution in [0.15, 0.2) is 0 Å². The van der Waals surface area contributed by atoms with Crippen LogP contribution in [-0.4, -0.2) is 50.1 Å². The van der Waals surface area contributed by atoms with Crippen molar-refractivity contribution in [2.75, 3.05) is 39.3 Å². The minimum atomic E-state index is 0.217. The normalized spacial score (nSPS) is 11.3. The number of carbonyl (C=O) groups excluding carboxylic acids is 1. The quantitative estimate of drug-likeness (QED) is 0.206. The maximum atomic E-state index is 12.0. The van der Waals surface area contributed by atoms with Gasteiger partial charge in [0, 0.05) is 19.5 Å². The third kappa shape index (κ3) is 21.9. The van der Waals surface area contributed by atoms with Crippen LogP contribution >= 0.6 is 0 Å². The predicted molar refractivity (Wildman–Crippen MR) is 129 cm³/mol. The third-order valence-electron chi connectivity index (χ3n) is 5.78. The Balaban J connectivity index is 3.34. The molecular formula is C25H53N3O. The van der Waals surface area contributed by atoms with Crippen molar-refractivity contribution in [3.63, 3.8) is 0 Å². The van der Waals surface area contributed by atoms with Crippen LogP contribution in [0.25, 0.3) is 0 Å². The molecule has 1 amide bonds. The van der Waals surface area contributed by atoms with E-state index in [1.54, 1.807) is 0 Å². The van der Waals surface area contributed by atoms with Gasteiger partial charge in [-0.2, -0.15) is 0 Å². The lowest BCUT2D eigenvalue weighted by molar-refractivity contribution is -0.121. The smallest absolute Gasteiger partial charge is 0.221 e. The van der Waals surface area contributed by atoms with Gasteiger partial charge in [0.25, 0.3) is 0 Å². The summed E-state index contributed by atoms with van der Waals surface area (Å²) in [5.41, 5.74) is 0. The molecule has 0 heterocycles. The van der Waals surface area contributed by atoms with E-state index in [4.69, 9.17) is 0 Å². The number of amides is 1. The summed E-state index contributed by atoms with van der Waals surface area (Å²) in [5, 5.41) is 6.46. The van der Waals surface area contributed by atoms with Gasteiger partial charge in [-0.25, -0.2) is 0 Å². The van der Waals surface area contributed by atoms with Gasteiger partial charge in [0.05, 0.1) is 0 Å². The minimum absolute atomic E-state index is 0.217. The molecule has 0 rings (SSSR count). The summed E-state index contributed by atoms with van der Waals surface area (Å²) in [4.78, 5) is 14.4. The molecule has 0 fully saturated rings. The Kier molecular flexibility index (Phi) is 23.2.